The molecule has 3 rings (SSSR count). The van der Waals surface area contributed by atoms with E-state index < -0.39 is 0 Å². The van der Waals surface area contributed by atoms with Crippen LogP contribution in [-0.4, -0.2) is 23.3 Å². The van der Waals surface area contributed by atoms with Gasteiger partial charge in [-0.3, -0.25) is 14.6 Å². The van der Waals surface area contributed by atoms with Gasteiger partial charge in [0.15, 0.2) is 0 Å². The first kappa shape index (κ1) is 18.7. The summed E-state index contributed by atoms with van der Waals surface area (Å²) in [6, 6.07) is 14.0. The van der Waals surface area contributed by atoms with Gasteiger partial charge in [-0.15, -0.1) is 0 Å². The van der Waals surface area contributed by atoms with Crippen molar-refractivity contribution >= 4 is 23.4 Å². The average Bonchev–Trinajstić information content (AvgIpc) is 3.20. The molecule has 7 heteroatoms. The molecule has 0 saturated carbocycles. The number of benzene rings is 1. The van der Waals surface area contributed by atoms with Gasteiger partial charge in [0, 0.05) is 23.3 Å². The Morgan fingerprint density at radius 3 is 2.70 bits per heavy atom. The third-order valence-corrected chi connectivity index (χ3v) is 4.08. The highest BCUT2D eigenvalue weighted by molar-refractivity contribution is 6.30. The SMILES string of the molecule is O=C(NCc1ccco1)c1ccnc(C(=O)NCCc2cccc(Cl)c2)c1. The van der Waals surface area contributed by atoms with Crippen LogP contribution in [0, 0.1) is 0 Å². The first-order valence-electron chi connectivity index (χ1n) is 8.41. The van der Waals surface area contributed by atoms with Crippen LogP contribution in [0.1, 0.15) is 32.2 Å². The first-order valence-corrected chi connectivity index (χ1v) is 8.79. The molecular weight excluding hydrogens is 366 g/mol. The van der Waals surface area contributed by atoms with E-state index in [2.05, 4.69) is 15.6 Å². The van der Waals surface area contributed by atoms with E-state index in [1.165, 1.54) is 12.3 Å². The summed E-state index contributed by atoms with van der Waals surface area (Å²) in [6.45, 7) is 0.713. The molecule has 0 bridgehead atoms. The fraction of sp³-hybridized carbons (Fsp3) is 0.150. The number of hydrogen-bond acceptors (Lipinski definition) is 4. The van der Waals surface area contributed by atoms with E-state index in [9.17, 15) is 9.59 Å². The van der Waals surface area contributed by atoms with E-state index in [0.717, 1.165) is 5.56 Å². The Balaban J connectivity index is 1.54. The molecule has 0 aliphatic carbocycles. The minimum absolute atomic E-state index is 0.187. The van der Waals surface area contributed by atoms with Crippen molar-refractivity contribution in [3.05, 3.63) is 88.6 Å². The van der Waals surface area contributed by atoms with Crippen LogP contribution < -0.4 is 10.6 Å². The standard InChI is InChI=1S/C20H18ClN3O3/c21-16-4-1-3-14(11-16)6-8-23-20(26)18-12-15(7-9-22-18)19(25)24-13-17-5-2-10-27-17/h1-5,7,9-12H,6,8,13H2,(H,23,26)(H,24,25). The first-order chi connectivity index (χ1) is 13.1. The maximum absolute atomic E-state index is 12.3. The number of hydrogen-bond donors (Lipinski definition) is 2. The van der Waals surface area contributed by atoms with Gasteiger partial charge in [0.1, 0.15) is 11.5 Å². The second-order valence-electron chi connectivity index (χ2n) is 5.83. The summed E-state index contributed by atoms with van der Waals surface area (Å²) >= 11 is 5.95. The number of nitrogens with one attached hydrogen (secondary N) is 2. The summed E-state index contributed by atoms with van der Waals surface area (Å²) in [6.07, 6.45) is 3.63. The number of aromatic nitrogens is 1. The van der Waals surface area contributed by atoms with Gasteiger partial charge in [0.2, 0.25) is 0 Å². The lowest BCUT2D eigenvalue weighted by atomic mass is 10.1. The number of halogens is 1. The molecule has 27 heavy (non-hydrogen) atoms. The van der Waals surface area contributed by atoms with Crippen molar-refractivity contribution in [1.82, 2.24) is 15.6 Å². The molecule has 0 aliphatic rings. The fourth-order valence-electron chi connectivity index (χ4n) is 2.48. The number of furan rings is 1. The molecule has 0 radical (unpaired) electrons. The molecule has 2 aromatic heterocycles. The smallest absolute Gasteiger partial charge is 0.269 e. The molecule has 1 aromatic carbocycles. The highest BCUT2D eigenvalue weighted by Crippen LogP contribution is 2.11. The summed E-state index contributed by atoms with van der Waals surface area (Å²) in [5.41, 5.74) is 1.57. The zero-order valence-corrected chi connectivity index (χ0v) is 15.2. The molecule has 2 N–H and O–H groups in total. The van der Waals surface area contributed by atoms with E-state index in [4.69, 9.17) is 16.0 Å². The Morgan fingerprint density at radius 2 is 1.93 bits per heavy atom. The predicted molar refractivity (Wildman–Crippen MR) is 102 cm³/mol. The van der Waals surface area contributed by atoms with Gasteiger partial charge >= 0.3 is 0 Å². The lowest BCUT2D eigenvalue weighted by molar-refractivity contribution is 0.0948. The van der Waals surface area contributed by atoms with Gasteiger partial charge in [-0.25, -0.2) is 0 Å². The zero-order chi connectivity index (χ0) is 19.1. The van der Waals surface area contributed by atoms with Gasteiger partial charge in [-0.05, 0) is 48.4 Å². The van der Waals surface area contributed by atoms with Crippen molar-refractivity contribution in [1.29, 1.82) is 0 Å². The van der Waals surface area contributed by atoms with Crippen molar-refractivity contribution in [3.8, 4) is 0 Å². The lowest BCUT2D eigenvalue weighted by Gasteiger charge is -2.07. The van der Waals surface area contributed by atoms with Gasteiger partial charge in [-0.2, -0.15) is 0 Å². The Bertz CT molecular complexity index is 926. The Morgan fingerprint density at radius 1 is 1.04 bits per heavy atom. The van der Waals surface area contributed by atoms with E-state index in [1.54, 1.807) is 30.5 Å². The summed E-state index contributed by atoms with van der Waals surface area (Å²) in [5.74, 6) is 0.0101. The van der Waals surface area contributed by atoms with Crippen LogP contribution in [0.3, 0.4) is 0 Å². The predicted octanol–water partition coefficient (Wildman–Crippen LogP) is 3.23. The van der Waals surface area contributed by atoms with Gasteiger partial charge < -0.3 is 15.1 Å². The van der Waals surface area contributed by atoms with Crippen LogP contribution >= 0.6 is 11.6 Å². The molecule has 0 unspecified atom stereocenters. The Kier molecular flexibility index (Phi) is 6.22. The third kappa shape index (κ3) is 5.43. The quantitative estimate of drug-likeness (QED) is 0.656. The topological polar surface area (TPSA) is 84.2 Å². The van der Waals surface area contributed by atoms with E-state index in [0.29, 0.717) is 29.3 Å². The van der Waals surface area contributed by atoms with Crippen LogP contribution in [-0.2, 0) is 13.0 Å². The minimum atomic E-state index is -0.335. The molecule has 0 saturated heterocycles. The molecule has 138 valence electrons. The molecule has 0 aliphatic heterocycles. The molecule has 3 aromatic rings. The number of amides is 2. The van der Waals surface area contributed by atoms with Crippen molar-refractivity contribution in [3.63, 3.8) is 0 Å². The van der Waals surface area contributed by atoms with Crippen LogP contribution in [0.4, 0.5) is 0 Å². The second kappa shape index (κ2) is 9.00. The maximum Gasteiger partial charge on any atom is 0.269 e. The molecule has 0 spiro atoms. The van der Waals surface area contributed by atoms with Crippen molar-refractivity contribution in [2.45, 2.75) is 13.0 Å². The van der Waals surface area contributed by atoms with E-state index >= 15 is 0 Å². The summed E-state index contributed by atoms with van der Waals surface area (Å²) in [4.78, 5) is 28.5. The molecule has 0 atom stereocenters. The highest BCUT2D eigenvalue weighted by atomic mass is 35.5. The lowest BCUT2D eigenvalue weighted by Crippen LogP contribution is -2.27. The number of carbonyl (C=O) groups excluding carboxylic acids is 2. The van der Waals surface area contributed by atoms with E-state index in [-0.39, 0.29) is 24.1 Å². The second-order valence-corrected chi connectivity index (χ2v) is 6.26. The number of carbonyl (C=O) groups is 2. The van der Waals surface area contributed by atoms with Gasteiger partial charge in [0.25, 0.3) is 11.8 Å². The fourth-order valence-corrected chi connectivity index (χ4v) is 2.69. The Labute approximate surface area is 161 Å². The number of nitrogens with zero attached hydrogens (tertiary/aromatic N) is 1. The van der Waals surface area contributed by atoms with Crippen molar-refractivity contribution in [2.24, 2.45) is 0 Å². The largest absolute Gasteiger partial charge is 0.467 e. The third-order valence-electron chi connectivity index (χ3n) is 3.85. The van der Waals surface area contributed by atoms with Crippen molar-refractivity contribution < 1.29 is 14.0 Å². The maximum atomic E-state index is 12.3. The van der Waals surface area contributed by atoms with Gasteiger partial charge in [0.05, 0.1) is 12.8 Å². The van der Waals surface area contributed by atoms with Crippen LogP contribution in [0.15, 0.2) is 65.4 Å². The molecular formula is C20H18ClN3O3. The Hall–Kier alpha value is -3.12. The normalized spacial score (nSPS) is 10.4. The zero-order valence-electron chi connectivity index (χ0n) is 14.4. The number of rotatable bonds is 7. The number of pyridine rings is 1. The summed E-state index contributed by atoms with van der Waals surface area (Å²) < 4.78 is 5.17. The van der Waals surface area contributed by atoms with Crippen molar-refractivity contribution in [2.75, 3.05) is 6.54 Å². The summed E-state index contributed by atoms with van der Waals surface area (Å²) in [7, 11) is 0. The molecule has 2 amide bonds. The highest BCUT2D eigenvalue weighted by Gasteiger charge is 2.12. The summed E-state index contributed by atoms with van der Waals surface area (Å²) in [5, 5.41) is 6.19. The monoisotopic (exact) mass is 383 g/mol. The van der Waals surface area contributed by atoms with Gasteiger partial charge in [-0.1, -0.05) is 23.7 Å². The molecule has 6 nitrogen and oxygen atoms in total. The van der Waals surface area contributed by atoms with Crippen LogP contribution in [0.5, 0.6) is 0 Å². The molecule has 0 fully saturated rings. The minimum Gasteiger partial charge on any atom is -0.467 e. The molecule has 2 heterocycles. The average molecular weight is 384 g/mol. The van der Waals surface area contributed by atoms with E-state index in [1.807, 2.05) is 18.2 Å². The van der Waals surface area contributed by atoms with Crippen LogP contribution in [0.2, 0.25) is 5.02 Å². The van der Waals surface area contributed by atoms with Crippen LogP contribution in [0.25, 0.3) is 0 Å².